The second-order valence-electron chi connectivity index (χ2n) is 2.54. The van der Waals surface area contributed by atoms with E-state index in [1.165, 1.54) is 6.34 Å². The van der Waals surface area contributed by atoms with Gasteiger partial charge in [0.15, 0.2) is 5.82 Å². The van der Waals surface area contributed by atoms with Crippen LogP contribution >= 0.6 is 0 Å². The number of fused-ring (bicyclic) bond motifs is 1. The summed E-state index contributed by atoms with van der Waals surface area (Å²) in [6.45, 7) is 0. The van der Waals surface area contributed by atoms with E-state index in [1.54, 1.807) is 0 Å². The quantitative estimate of drug-likeness (QED) is 0.274. The Bertz CT molecular complexity index is 431. The summed E-state index contributed by atoms with van der Waals surface area (Å²) in [7, 11) is 0. The van der Waals surface area contributed by atoms with E-state index in [0.717, 1.165) is 16.7 Å². The van der Waals surface area contributed by atoms with Crippen LogP contribution in [0.1, 0.15) is 0 Å². The molecule has 0 aliphatic rings. The number of H-pyrrole nitrogens is 1. The molecule has 5 heteroatoms. The fourth-order valence-corrected chi connectivity index (χ4v) is 1.17. The van der Waals surface area contributed by atoms with Crippen molar-refractivity contribution in [2.24, 2.45) is 10.9 Å². The fourth-order valence-electron chi connectivity index (χ4n) is 1.17. The van der Waals surface area contributed by atoms with E-state index in [-0.39, 0.29) is 0 Å². The molecular weight excluding hydrogens is 166 g/mol. The lowest BCUT2D eigenvalue weighted by Gasteiger charge is -1.92. The Kier molecular flexibility index (Phi) is 1.84. The molecule has 0 fully saturated rings. The smallest absolute Gasteiger partial charge is 0.160 e. The van der Waals surface area contributed by atoms with E-state index in [9.17, 15) is 0 Å². The first-order valence-electron chi connectivity index (χ1n) is 3.83. The normalized spacial score (nSPS) is 11.1. The van der Waals surface area contributed by atoms with Crippen molar-refractivity contribution in [1.82, 2.24) is 10.2 Å². The van der Waals surface area contributed by atoms with Crippen molar-refractivity contribution in [3.05, 3.63) is 24.3 Å². The number of hydrogen-bond acceptors (Lipinski definition) is 3. The molecule has 2 aromatic rings. The summed E-state index contributed by atoms with van der Waals surface area (Å²) >= 11 is 0. The Labute approximate surface area is 74.6 Å². The number of nitrogens with two attached hydrogens (primary N) is 1. The first-order chi connectivity index (χ1) is 6.42. The number of hydrazone groups is 1. The van der Waals surface area contributed by atoms with Crippen LogP contribution in [0.3, 0.4) is 0 Å². The van der Waals surface area contributed by atoms with Crippen LogP contribution < -0.4 is 11.2 Å². The number of para-hydroxylation sites is 1. The lowest BCUT2D eigenvalue weighted by molar-refractivity contribution is 1.12. The highest BCUT2D eigenvalue weighted by atomic mass is 15.2. The lowest BCUT2D eigenvalue weighted by Crippen LogP contribution is -1.97. The molecule has 0 saturated heterocycles. The van der Waals surface area contributed by atoms with Gasteiger partial charge in [0.25, 0.3) is 0 Å². The predicted octanol–water partition coefficient (Wildman–Crippen LogP) is 0.877. The molecule has 0 saturated carbocycles. The summed E-state index contributed by atoms with van der Waals surface area (Å²) in [6, 6.07) is 7.81. The highest BCUT2D eigenvalue weighted by molar-refractivity contribution is 5.94. The van der Waals surface area contributed by atoms with Crippen molar-refractivity contribution in [3.8, 4) is 0 Å². The average molecular weight is 175 g/mol. The van der Waals surface area contributed by atoms with Crippen LogP contribution in [0, 0.1) is 0 Å². The number of anilines is 1. The van der Waals surface area contributed by atoms with Crippen LogP contribution in [0.5, 0.6) is 0 Å². The summed E-state index contributed by atoms with van der Waals surface area (Å²) in [6.07, 6.45) is 1.39. The predicted molar refractivity (Wildman–Crippen MR) is 52.4 cm³/mol. The zero-order valence-electron chi connectivity index (χ0n) is 6.86. The van der Waals surface area contributed by atoms with Crippen LogP contribution in [0.15, 0.2) is 29.4 Å². The molecular formula is C8H9N5. The molecule has 4 N–H and O–H groups in total. The number of nitrogens with one attached hydrogen (secondary N) is 2. The number of hydrogen-bond donors (Lipinski definition) is 3. The molecule has 0 amide bonds. The molecule has 1 aromatic heterocycles. The van der Waals surface area contributed by atoms with Gasteiger partial charge in [0.2, 0.25) is 0 Å². The summed E-state index contributed by atoms with van der Waals surface area (Å²) in [5.74, 6) is 5.68. The van der Waals surface area contributed by atoms with Crippen LogP contribution in [0.2, 0.25) is 0 Å². The Hall–Kier alpha value is -2.04. The van der Waals surface area contributed by atoms with Gasteiger partial charge in [-0.25, -0.2) is 0 Å². The maximum Gasteiger partial charge on any atom is 0.160 e. The van der Waals surface area contributed by atoms with Gasteiger partial charge in [-0.15, -0.1) is 0 Å². The second-order valence-corrected chi connectivity index (χ2v) is 2.54. The molecule has 0 unspecified atom stereocenters. The molecule has 1 aromatic carbocycles. The molecule has 0 aliphatic carbocycles. The van der Waals surface area contributed by atoms with Gasteiger partial charge in [-0.05, 0) is 12.1 Å². The Morgan fingerprint density at radius 3 is 3.15 bits per heavy atom. The standard InChI is InChI=1S/C8H9N5/c9-11-5-10-8-6-3-1-2-4-7(6)12-13-8/h1-5H,9H2,(H2,10,11,12,13). The number of aromatic nitrogens is 2. The van der Waals surface area contributed by atoms with Crippen LogP contribution in [-0.4, -0.2) is 16.5 Å². The molecule has 1 heterocycles. The maximum atomic E-state index is 4.96. The molecule has 0 atom stereocenters. The van der Waals surface area contributed by atoms with E-state index in [0.29, 0.717) is 0 Å². The minimum Gasteiger partial charge on any atom is -0.328 e. The van der Waals surface area contributed by atoms with Gasteiger partial charge in [0, 0.05) is 5.39 Å². The topological polar surface area (TPSA) is 79.1 Å². The number of benzene rings is 1. The molecule has 13 heavy (non-hydrogen) atoms. The SMILES string of the molecule is N/N=C\Nc1n[nH]c2ccccc12. The first kappa shape index (κ1) is 7.60. The molecule has 66 valence electrons. The number of rotatable bonds is 2. The summed E-state index contributed by atoms with van der Waals surface area (Å²) in [5.41, 5.74) is 0.982. The van der Waals surface area contributed by atoms with Crippen molar-refractivity contribution in [2.45, 2.75) is 0 Å². The van der Waals surface area contributed by atoms with E-state index in [2.05, 4.69) is 20.6 Å². The van der Waals surface area contributed by atoms with Gasteiger partial charge in [-0.1, -0.05) is 12.1 Å². The summed E-state index contributed by atoms with van der Waals surface area (Å²) in [4.78, 5) is 0. The van der Waals surface area contributed by atoms with Crippen LogP contribution in [-0.2, 0) is 0 Å². The van der Waals surface area contributed by atoms with E-state index < -0.39 is 0 Å². The minimum atomic E-state index is 0.727. The Morgan fingerprint density at radius 1 is 1.46 bits per heavy atom. The van der Waals surface area contributed by atoms with Gasteiger partial charge in [-0.2, -0.15) is 10.2 Å². The fraction of sp³-hybridized carbons (Fsp3) is 0. The lowest BCUT2D eigenvalue weighted by atomic mass is 10.2. The largest absolute Gasteiger partial charge is 0.328 e. The van der Waals surface area contributed by atoms with E-state index in [1.807, 2.05) is 24.3 Å². The molecule has 0 spiro atoms. The van der Waals surface area contributed by atoms with Crippen molar-refractivity contribution in [1.29, 1.82) is 0 Å². The monoisotopic (exact) mass is 175 g/mol. The third-order valence-corrected chi connectivity index (χ3v) is 1.75. The zero-order chi connectivity index (χ0) is 9.10. The summed E-state index contributed by atoms with van der Waals surface area (Å²) < 4.78 is 0. The molecule has 0 radical (unpaired) electrons. The maximum absolute atomic E-state index is 4.96. The Morgan fingerprint density at radius 2 is 2.31 bits per heavy atom. The Balaban J connectivity index is 2.45. The first-order valence-corrected chi connectivity index (χ1v) is 3.83. The van der Waals surface area contributed by atoms with E-state index in [4.69, 9.17) is 5.84 Å². The number of nitrogens with zero attached hydrogens (tertiary/aromatic N) is 2. The third kappa shape index (κ3) is 1.31. The van der Waals surface area contributed by atoms with Crippen molar-refractivity contribution >= 4 is 23.1 Å². The average Bonchev–Trinajstić information content (AvgIpc) is 2.58. The second kappa shape index (κ2) is 3.14. The van der Waals surface area contributed by atoms with E-state index >= 15 is 0 Å². The van der Waals surface area contributed by atoms with Gasteiger partial charge in [-0.3, -0.25) is 5.10 Å². The summed E-state index contributed by atoms with van der Waals surface area (Å²) in [5, 5.41) is 14.1. The zero-order valence-corrected chi connectivity index (χ0v) is 6.86. The van der Waals surface area contributed by atoms with Crippen LogP contribution in [0.4, 0.5) is 5.82 Å². The molecule has 5 nitrogen and oxygen atoms in total. The highest BCUT2D eigenvalue weighted by Crippen LogP contribution is 2.18. The van der Waals surface area contributed by atoms with Gasteiger partial charge in [0.05, 0.1) is 5.52 Å². The molecule has 0 aliphatic heterocycles. The van der Waals surface area contributed by atoms with Crippen molar-refractivity contribution < 1.29 is 0 Å². The minimum absolute atomic E-state index is 0.727. The molecule has 0 bridgehead atoms. The van der Waals surface area contributed by atoms with Gasteiger partial charge < -0.3 is 11.2 Å². The van der Waals surface area contributed by atoms with Crippen molar-refractivity contribution in [2.75, 3.05) is 5.32 Å². The highest BCUT2D eigenvalue weighted by Gasteiger charge is 2.01. The van der Waals surface area contributed by atoms with Crippen molar-refractivity contribution in [3.63, 3.8) is 0 Å². The third-order valence-electron chi connectivity index (χ3n) is 1.75. The van der Waals surface area contributed by atoms with Crippen LogP contribution in [0.25, 0.3) is 10.9 Å². The number of aromatic amines is 1. The van der Waals surface area contributed by atoms with Gasteiger partial charge in [0.1, 0.15) is 6.34 Å². The molecule has 2 rings (SSSR count). The van der Waals surface area contributed by atoms with Gasteiger partial charge >= 0.3 is 0 Å².